The zero-order chi connectivity index (χ0) is 29.9. The molecule has 0 aromatic heterocycles. The average Bonchev–Trinajstić information content (AvgIpc) is 3.06. The van der Waals surface area contributed by atoms with Gasteiger partial charge in [0.2, 0.25) is 0 Å². The van der Waals surface area contributed by atoms with Crippen molar-refractivity contribution in [3.05, 3.63) is 107 Å². The van der Waals surface area contributed by atoms with Gasteiger partial charge in [-0.2, -0.15) is 4.89 Å². The molecule has 230 valence electrons. The van der Waals surface area contributed by atoms with E-state index in [1.807, 2.05) is 42.5 Å². The van der Waals surface area contributed by atoms with Crippen molar-refractivity contribution >= 4 is 5.97 Å². The Balaban J connectivity index is 1.13. The molecule has 0 bridgehead atoms. The molecule has 2 saturated carbocycles. The predicted molar refractivity (Wildman–Crippen MR) is 173 cm³/mol. The summed E-state index contributed by atoms with van der Waals surface area (Å²) in [7, 11) is 0. The number of hydrogen-bond donors (Lipinski definition) is 0. The SMILES string of the molecule is CCCCCC1CCC(c2ccc(C(=O)OC(OOCc3ccc(C4CCC(C)CC4)cc3)c3ccccc3)cc2)CC1. The van der Waals surface area contributed by atoms with E-state index < -0.39 is 12.3 Å². The van der Waals surface area contributed by atoms with Crippen molar-refractivity contribution in [3.8, 4) is 0 Å². The summed E-state index contributed by atoms with van der Waals surface area (Å²) in [6.07, 6.45) is 14.7. The van der Waals surface area contributed by atoms with Gasteiger partial charge in [-0.25, -0.2) is 9.68 Å². The first-order valence-corrected chi connectivity index (χ1v) is 16.8. The minimum Gasteiger partial charge on any atom is -0.425 e. The molecule has 5 rings (SSSR count). The molecule has 0 aliphatic heterocycles. The molecular weight excluding hydrogens is 532 g/mol. The van der Waals surface area contributed by atoms with Crippen molar-refractivity contribution in [2.45, 2.75) is 116 Å². The van der Waals surface area contributed by atoms with E-state index in [1.54, 1.807) is 0 Å². The second kappa shape index (κ2) is 16.2. The lowest BCUT2D eigenvalue weighted by atomic mass is 9.77. The highest BCUT2D eigenvalue weighted by atomic mass is 17.2. The van der Waals surface area contributed by atoms with Gasteiger partial charge < -0.3 is 4.74 Å². The number of rotatable bonds is 13. The van der Waals surface area contributed by atoms with Crippen LogP contribution in [-0.4, -0.2) is 5.97 Å². The lowest BCUT2D eigenvalue weighted by Gasteiger charge is -2.29. The van der Waals surface area contributed by atoms with Gasteiger partial charge in [0.05, 0.1) is 5.56 Å². The van der Waals surface area contributed by atoms with Crippen LogP contribution in [0.15, 0.2) is 78.9 Å². The van der Waals surface area contributed by atoms with Crippen molar-refractivity contribution < 1.29 is 19.3 Å². The average molecular weight is 583 g/mol. The minimum absolute atomic E-state index is 0.276. The number of benzene rings is 3. The van der Waals surface area contributed by atoms with E-state index in [9.17, 15) is 4.79 Å². The van der Waals surface area contributed by atoms with E-state index in [0.717, 1.165) is 23.0 Å². The number of carbonyl (C=O) groups is 1. The third-order valence-electron chi connectivity index (χ3n) is 9.81. The summed E-state index contributed by atoms with van der Waals surface area (Å²) in [5, 5.41) is 0. The van der Waals surface area contributed by atoms with E-state index in [1.165, 1.54) is 88.2 Å². The van der Waals surface area contributed by atoms with Crippen molar-refractivity contribution in [1.29, 1.82) is 0 Å². The van der Waals surface area contributed by atoms with Crippen LogP contribution in [0, 0.1) is 11.8 Å². The molecule has 0 spiro atoms. The van der Waals surface area contributed by atoms with Gasteiger partial charge in [-0.1, -0.05) is 119 Å². The summed E-state index contributed by atoms with van der Waals surface area (Å²) < 4.78 is 5.83. The van der Waals surface area contributed by atoms with Gasteiger partial charge in [0.25, 0.3) is 6.29 Å². The molecule has 0 heterocycles. The number of esters is 1. The third-order valence-corrected chi connectivity index (χ3v) is 9.81. The quantitative estimate of drug-likeness (QED) is 0.0661. The van der Waals surface area contributed by atoms with E-state index in [4.69, 9.17) is 14.5 Å². The van der Waals surface area contributed by atoms with Gasteiger partial charge in [0.15, 0.2) is 0 Å². The molecule has 4 heteroatoms. The van der Waals surface area contributed by atoms with Crippen LogP contribution >= 0.6 is 0 Å². The van der Waals surface area contributed by atoms with E-state index in [0.29, 0.717) is 17.4 Å². The van der Waals surface area contributed by atoms with Crippen LogP contribution in [0.3, 0.4) is 0 Å². The van der Waals surface area contributed by atoms with E-state index in [-0.39, 0.29) is 6.61 Å². The smallest absolute Gasteiger partial charge is 0.340 e. The summed E-state index contributed by atoms with van der Waals surface area (Å²) >= 11 is 0. The monoisotopic (exact) mass is 582 g/mol. The molecule has 2 fully saturated rings. The maximum Gasteiger partial charge on any atom is 0.340 e. The van der Waals surface area contributed by atoms with Gasteiger partial charge in [-0.15, -0.1) is 0 Å². The van der Waals surface area contributed by atoms with Crippen LogP contribution in [0.25, 0.3) is 0 Å². The zero-order valence-electron chi connectivity index (χ0n) is 26.2. The van der Waals surface area contributed by atoms with Gasteiger partial charge in [0.1, 0.15) is 6.61 Å². The van der Waals surface area contributed by atoms with Crippen molar-refractivity contribution in [1.82, 2.24) is 0 Å². The molecule has 3 aromatic carbocycles. The normalized spacial score (nSPS) is 23.0. The fourth-order valence-electron chi connectivity index (χ4n) is 6.92. The Morgan fingerprint density at radius 1 is 0.744 bits per heavy atom. The largest absolute Gasteiger partial charge is 0.425 e. The van der Waals surface area contributed by atoms with E-state index >= 15 is 0 Å². The Labute approximate surface area is 259 Å². The zero-order valence-corrected chi connectivity index (χ0v) is 26.2. The molecule has 0 N–H and O–H groups in total. The van der Waals surface area contributed by atoms with Gasteiger partial charge in [0, 0.05) is 5.56 Å². The molecule has 1 atom stereocenters. The van der Waals surface area contributed by atoms with Gasteiger partial charge in [-0.3, -0.25) is 0 Å². The molecule has 0 saturated heterocycles. The fraction of sp³-hybridized carbons (Fsp3) is 0.513. The lowest BCUT2D eigenvalue weighted by molar-refractivity contribution is -0.379. The van der Waals surface area contributed by atoms with Crippen molar-refractivity contribution in [2.75, 3.05) is 0 Å². The molecule has 4 nitrogen and oxygen atoms in total. The topological polar surface area (TPSA) is 44.8 Å². The second-order valence-electron chi connectivity index (χ2n) is 13.0. The highest BCUT2D eigenvalue weighted by Crippen LogP contribution is 2.38. The van der Waals surface area contributed by atoms with Crippen LogP contribution in [0.4, 0.5) is 0 Å². The Morgan fingerprint density at radius 3 is 1.98 bits per heavy atom. The summed E-state index contributed by atoms with van der Waals surface area (Å²) in [4.78, 5) is 24.5. The maximum absolute atomic E-state index is 13.2. The molecule has 2 aliphatic rings. The standard InChI is InChI=1S/C39H50O4/c1-3-4-6-9-30-14-20-33(21-15-30)35-24-26-36(27-25-35)38(40)42-39(37-10-7-5-8-11-37)43-41-28-31-16-22-34(23-17-31)32-18-12-29(2)13-19-32/h5,7-8,10-11,16-17,22-27,29-30,32-33,39H,3-4,6,9,12-15,18-21,28H2,1-2H3. The molecule has 3 aromatic rings. The highest BCUT2D eigenvalue weighted by Gasteiger charge is 2.24. The van der Waals surface area contributed by atoms with Crippen LogP contribution in [0.1, 0.15) is 142 Å². The number of ether oxygens (including phenoxy) is 1. The molecule has 0 amide bonds. The Kier molecular flexibility index (Phi) is 11.9. The lowest BCUT2D eigenvalue weighted by Crippen LogP contribution is -2.16. The first-order valence-electron chi connectivity index (χ1n) is 16.8. The summed E-state index contributed by atoms with van der Waals surface area (Å²) in [6, 6.07) is 26.1. The Morgan fingerprint density at radius 2 is 1.35 bits per heavy atom. The van der Waals surface area contributed by atoms with Crippen LogP contribution in [-0.2, 0) is 21.1 Å². The highest BCUT2D eigenvalue weighted by molar-refractivity contribution is 5.89. The minimum atomic E-state index is -0.958. The van der Waals surface area contributed by atoms with E-state index in [2.05, 4.69) is 50.2 Å². The van der Waals surface area contributed by atoms with Crippen LogP contribution in [0.5, 0.6) is 0 Å². The van der Waals surface area contributed by atoms with Gasteiger partial charge >= 0.3 is 5.97 Å². The second-order valence-corrected chi connectivity index (χ2v) is 13.0. The van der Waals surface area contributed by atoms with Crippen LogP contribution < -0.4 is 0 Å². The summed E-state index contributed by atoms with van der Waals surface area (Å²) in [6.45, 7) is 4.91. The number of unbranched alkanes of at least 4 members (excludes halogenated alkanes) is 2. The number of hydrogen-bond acceptors (Lipinski definition) is 4. The third kappa shape index (κ3) is 9.27. The Hall–Kier alpha value is -2.95. The molecule has 1 unspecified atom stereocenters. The predicted octanol–water partition coefficient (Wildman–Crippen LogP) is 10.8. The summed E-state index contributed by atoms with van der Waals surface area (Å²) in [5.74, 6) is 2.56. The van der Waals surface area contributed by atoms with Crippen LogP contribution in [0.2, 0.25) is 0 Å². The first kappa shape index (κ1) is 31.5. The van der Waals surface area contributed by atoms with Crippen molar-refractivity contribution in [3.63, 3.8) is 0 Å². The van der Waals surface area contributed by atoms with Crippen molar-refractivity contribution in [2.24, 2.45) is 11.8 Å². The van der Waals surface area contributed by atoms with Gasteiger partial charge in [-0.05, 0) is 91.0 Å². The first-order chi connectivity index (χ1) is 21.1. The molecule has 0 radical (unpaired) electrons. The maximum atomic E-state index is 13.2. The number of carbonyl (C=O) groups excluding carboxylic acids is 1. The molecule has 43 heavy (non-hydrogen) atoms. The Bertz CT molecular complexity index is 1220. The molecular formula is C39H50O4. The fourth-order valence-corrected chi connectivity index (χ4v) is 6.92. The molecule has 2 aliphatic carbocycles. The summed E-state index contributed by atoms with van der Waals surface area (Å²) in [5.41, 5.74) is 5.01.